The van der Waals surface area contributed by atoms with Crippen molar-refractivity contribution in [1.82, 2.24) is 4.98 Å². The van der Waals surface area contributed by atoms with Gasteiger partial charge in [-0.25, -0.2) is 4.98 Å². The molecule has 11 heteroatoms. The highest BCUT2D eigenvalue weighted by Gasteiger charge is 2.45. The van der Waals surface area contributed by atoms with Crippen molar-refractivity contribution < 1.29 is 36.0 Å². The highest BCUT2D eigenvalue weighted by molar-refractivity contribution is 5.46. The Labute approximate surface area is 132 Å². The van der Waals surface area contributed by atoms with Gasteiger partial charge in [0.05, 0.1) is 11.5 Å². The number of hydrogen-bond acceptors (Lipinski definition) is 4. The van der Waals surface area contributed by atoms with Gasteiger partial charge in [-0.2, -0.15) is 26.3 Å². The molecule has 24 heavy (non-hydrogen) atoms. The van der Waals surface area contributed by atoms with Crippen molar-refractivity contribution in [3.8, 4) is 5.88 Å². The van der Waals surface area contributed by atoms with Crippen LogP contribution in [0.4, 0.5) is 32.0 Å². The first-order valence-corrected chi connectivity index (χ1v) is 6.80. The number of alkyl halides is 6. The zero-order valence-corrected chi connectivity index (χ0v) is 12.7. The number of aromatic nitrogens is 1. The van der Waals surface area contributed by atoms with Crippen molar-refractivity contribution in [2.45, 2.75) is 39.0 Å². The van der Waals surface area contributed by atoms with Crippen molar-refractivity contribution in [3.63, 3.8) is 0 Å². The Kier molecular flexibility index (Phi) is 6.01. The Morgan fingerprint density at radius 3 is 2.21 bits per heavy atom. The second-order valence-electron chi connectivity index (χ2n) is 5.35. The maximum absolute atomic E-state index is 12.9. The summed E-state index contributed by atoms with van der Waals surface area (Å²) >= 11 is 0. The lowest BCUT2D eigenvalue weighted by Gasteiger charge is -2.15. The lowest BCUT2D eigenvalue weighted by Crippen LogP contribution is -2.17. The van der Waals surface area contributed by atoms with E-state index in [9.17, 15) is 36.5 Å². The third-order valence-electron chi connectivity index (χ3n) is 2.90. The number of rotatable bonds is 6. The van der Waals surface area contributed by atoms with E-state index in [1.54, 1.807) is 0 Å². The van der Waals surface area contributed by atoms with Gasteiger partial charge in [0.15, 0.2) is 0 Å². The lowest BCUT2D eigenvalue weighted by molar-refractivity contribution is -0.388. The molecule has 0 aliphatic heterocycles. The van der Waals surface area contributed by atoms with E-state index in [-0.39, 0.29) is 18.6 Å². The molecule has 1 rings (SSSR count). The SMILES string of the molecule is CC(C)CCCOc1nc(C(F)(F)F)c([N+](=O)[O-])cc1C(F)(F)F. The van der Waals surface area contributed by atoms with Gasteiger partial charge in [0, 0.05) is 6.07 Å². The standard InChI is InChI=1S/C13H14F6N2O3/c1-7(2)4-3-5-24-11-8(12(14,15)16)6-9(21(22)23)10(20-11)13(17,18)19/h6-7H,3-5H2,1-2H3. The fourth-order valence-electron chi connectivity index (χ4n) is 1.81. The lowest BCUT2D eigenvalue weighted by atomic mass is 10.1. The summed E-state index contributed by atoms with van der Waals surface area (Å²) in [5.41, 5.74) is -5.52. The summed E-state index contributed by atoms with van der Waals surface area (Å²) in [6, 6.07) is -0.201. The number of nitro groups is 1. The van der Waals surface area contributed by atoms with Crippen molar-refractivity contribution in [2.24, 2.45) is 5.92 Å². The highest BCUT2D eigenvalue weighted by Crippen LogP contribution is 2.42. The molecule has 0 aromatic carbocycles. The molecule has 0 spiro atoms. The number of nitrogens with zero attached hydrogens (tertiary/aromatic N) is 2. The molecule has 136 valence electrons. The van der Waals surface area contributed by atoms with E-state index in [1.807, 2.05) is 13.8 Å². The van der Waals surface area contributed by atoms with E-state index in [0.29, 0.717) is 12.8 Å². The van der Waals surface area contributed by atoms with Crippen LogP contribution < -0.4 is 4.74 Å². The van der Waals surface area contributed by atoms with Gasteiger partial charge in [-0.15, -0.1) is 0 Å². The molecule has 0 N–H and O–H groups in total. The van der Waals surface area contributed by atoms with Crippen molar-refractivity contribution in [2.75, 3.05) is 6.61 Å². The third kappa shape index (κ3) is 5.24. The van der Waals surface area contributed by atoms with Gasteiger partial charge in [-0.1, -0.05) is 13.8 Å². The van der Waals surface area contributed by atoms with Crippen LogP contribution >= 0.6 is 0 Å². The van der Waals surface area contributed by atoms with Crippen LogP contribution in [-0.4, -0.2) is 16.5 Å². The van der Waals surface area contributed by atoms with E-state index in [2.05, 4.69) is 4.98 Å². The first-order valence-electron chi connectivity index (χ1n) is 6.80. The average Bonchev–Trinajstić information content (AvgIpc) is 2.40. The smallest absolute Gasteiger partial charge is 0.440 e. The number of halogens is 6. The second-order valence-corrected chi connectivity index (χ2v) is 5.35. The maximum atomic E-state index is 12.9. The highest BCUT2D eigenvalue weighted by atomic mass is 19.4. The summed E-state index contributed by atoms with van der Waals surface area (Å²) in [6.07, 6.45) is -9.55. The fraction of sp³-hybridized carbons (Fsp3) is 0.615. The molecule has 0 aliphatic rings. The van der Waals surface area contributed by atoms with Gasteiger partial charge in [0.25, 0.3) is 0 Å². The van der Waals surface area contributed by atoms with Crippen LogP contribution in [0.3, 0.4) is 0 Å². The van der Waals surface area contributed by atoms with Gasteiger partial charge in [-0.05, 0) is 18.8 Å². The Balaban J connectivity index is 3.30. The molecule has 0 saturated carbocycles. The third-order valence-corrected chi connectivity index (χ3v) is 2.90. The normalized spacial score (nSPS) is 12.5. The number of pyridine rings is 1. The van der Waals surface area contributed by atoms with Gasteiger partial charge < -0.3 is 4.74 Å². The van der Waals surface area contributed by atoms with Crippen LogP contribution in [-0.2, 0) is 12.4 Å². The molecular weight excluding hydrogens is 346 g/mol. The van der Waals surface area contributed by atoms with Gasteiger partial charge in [-0.3, -0.25) is 10.1 Å². The molecule has 0 fully saturated rings. The van der Waals surface area contributed by atoms with Crippen LogP contribution in [0.5, 0.6) is 5.88 Å². The van der Waals surface area contributed by atoms with Crippen molar-refractivity contribution in [3.05, 3.63) is 27.4 Å². The summed E-state index contributed by atoms with van der Waals surface area (Å²) in [5, 5.41) is 10.7. The number of hydrogen-bond donors (Lipinski definition) is 0. The van der Waals surface area contributed by atoms with Crippen LogP contribution in [0.1, 0.15) is 37.9 Å². The van der Waals surface area contributed by atoms with Crippen molar-refractivity contribution >= 4 is 5.69 Å². The number of ether oxygens (including phenoxy) is 1. The molecule has 0 aliphatic carbocycles. The second kappa shape index (κ2) is 7.22. The van der Waals surface area contributed by atoms with E-state index < -0.39 is 40.1 Å². The maximum Gasteiger partial charge on any atom is 0.440 e. The van der Waals surface area contributed by atoms with Crippen LogP contribution in [0, 0.1) is 16.0 Å². The van der Waals surface area contributed by atoms with E-state index in [0.717, 1.165) is 0 Å². The predicted molar refractivity (Wildman–Crippen MR) is 70.5 cm³/mol. The van der Waals surface area contributed by atoms with E-state index >= 15 is 0 Å². The Bertz CT molecular complexity index is 599. The van der Waals surface area contributed by atoms with Gasteiger partial charge in [0.2, 0.25) is 11.6 Å². The summed E-state index contributed by atoms with van der Waals surface area (Å²) in [6.45, 7) is 3.42. The molecule has 1 heterocycles. The minimum absolute atomic E-state index is 0.201. The quantitative estimate of drug-likeness (QED) is 0.315. The molecule has 0 saturated heterocycles. The minimum Gasteiger partial charge on any atom is -0.477 e. The monoisotopic (exact) mass is 360 g/mol. The molecule has 0 unspecified atom stereocenters. The molecular formula is C13H14F6N2O3. The molecule has 0 amide bonds. The Hall–Kier alpha value is -2.07. The van der Waals surface area contributed by atoms with Crippen LogP contribution in [0.2, 0.25) is 0 Å². The van der Waals surface area contributed by atoms with Crippen molar-refractivity contribution in [1.29, 1.82) is 0 Å². The van der Waals surface area contributed by atoms with E-state index in [4.69, 9.17) is 4.74 Å². The topological polar surface area (TPSA) is 65.3 Å². The van der Waals surface area contributed by atoms with Crippen LogP contribution in [0.25, 0.3) is 0 Å². The predicted octanol–water partition coefficient (Wildman–Crippen LogP) is 4.84. The molecule has 0 bridgehead atoms. The summed E-state index contributed by atoms with van der Waals surface area (Å²) < 4.78 is 82.0. The molecule has 0 radical (unpaired) electrons. The van der Waals surface area contributed by atoms with Gasteiger partial charge in [0.1, 0.15) is 5.56 Å². The van der Waals surface area contributed by atoms with E-state index in [1.165, 1.54) is 0 Å². The molecule has 5 nitrogen and oxygen atoms in total. The Morgan fingerprint density at radius 1 is 1.21 bits per heavy atom. The summed E-state index contributed by atoms with van der Waals surface area (Å²) in [4.78, 5) is 11.8. The molecule has 1 aromatic rings. The molecule has 0 atom stereocenters. The average molecular weight is 360 g/mol. The first kappa shape index (κ1) is 20.0. The summed E-state index contributed by atoms with van der Waals surface area (Å²) in [5.74, 6) is -1.09. The van der Waals surface area contributed by atoms with Crippen LogP contribution in [0.15, 0.2) is 6.07 Å². The zero-order valence-electron chi connectivity index (χ0n) is 12.7. The van der Waals surface area contributed by atoms with Gasteiger partial charge >= 0.3 is 18.0 Å². The first-order chi connectivity index (χ1) is 10.8. The fourth-order valence-corrected chi connectivity index (χ4v) is 1.81. The Morgan fingerprint density at radius 2 is 1.79 bits per heavy atom. The molecule has 1 aromatic heterocycles. The zero-order chi connectivity index (χ0) is 18.7. The largest absolute Gasteiger partial charge is 0.477 e. The summed E-state index contributed by atoms with van der Waals surface area (Å²) in [7, 11) is 0. The minimum atomic E-state index is -5.29.